The van der Waals surface area contributed by atoms with E-state index in [0.717, 1.165) is 5.69 Å². The average Bonchev–Trinajstić information content (AvgIpc) is 2.47. The maximum absolute atomic E-state index is 11.1. The SMILES string of the molecule is CNC(Cc1ccn(C)n1)CS(C)(=O)=O. The Bertz CT molecular complexity index is 411. The van der Waals surface area contributed by atoms with Crippen molar-refractivity contribution in [3.8, 4) is 0 Å². The van der Waals surface area contributed by atoms with Crippen LogP contribution in [0.25, 0.3) is 0 Å². The van der Waals surface area contributed by atoms with E-state index < -0.39 is 9.84 Å². The number of likely N-dealkylation sites (N-methyl/N-ethyl adjacent to an activating group) is 1. The highest BCUT2D eigenvalue weighted by atomic mass is 32.2. The molecule has 0 saturated carbocycles. The third-order valence-electron chi connectivity index (χ3n) is 2.14. The standard InChI is InChI=1S/C9H17N3O2S/c1-10-9(7-15(3,13)14)6-8-4-5-12(2)11-8/h4-5,9-10H,6-7H2,1-3H3. The second kappa shape index (κ2) is 4.76. The highest BCUT2D eigenvalue weighted by Crippen LogP contribution is 2.02. The van der Waals surface area contributed by atoms with Crippen LogP contribution in [0.2, 0.25) is 0 Å². The van der Waals surface area contributed by atoms with Gasteiger partial charge in [-0.05, 0) is 13.1 Å². The van der Waals surface area contributed by atoms with Crippen molar-refractivity contribution in [2.24, 2.45) is 7.05 Å². The minimum absolute atomic E-state index is 0.0742. The van der Waals surface area contributed by atoms with E-state index in [4.69, 9.17) is 0 Å². The molecule has 0 aliphatic rings. The second-order valence-electron chi connectivity index (χ2n) is 3.76. The molecular formula is C9H17N3O2S. The van der Waals surface area contributed by atoms with Gasteiger partial charge in [-0.2, -0.15) is 5.10 Å². The van der Waals surface area contributed by atoms with Gasteiger partial charge in [0.15, 0.2) is 0 Å². The summed E-state index contributed by atoms with van der Waals surface area (Å²) in [5, 5.41) is 7.20. The molecule has 1 aromatic heterocycles. The lowest BCUT2D eigenvalue weighted by Crippen LogP contribution is -2.34. The molecule has 1 N–H and O–H groups in total. The molecule has 6 heteroatoms. The van der Waals surface area contributed by atoms with Gasteiger partial charge in [0, 0.05) is 32.0 Å². The first kappa shape index (κ1) is 12.2. The van der Waals surface area contributed by atoms with Crippen LogP contribution < -0.4 is 5.32 Å². The van der Waals surface area contributed by atoms with Gasteiger partial charge in [0.2, 0.25) is 0 Å². The lowest BCUT2D eigenvalue weighted by molar-refractivity contribution is 0.561. The molecule has 0 amide bonds. The Morgan fingerprint density at radius 3 is 2.67 bits per heavy atom. The van der Waals surface area contributed by atoms with Crippen LogP contribution in [0.1, 0.15) is 5.69 Å². The van der Waals surface area contributed by atoms with Crippen LogP contribution in [0.5, 0.6) is 0 Å². The van der Waals surface area contributed by atoms with Gasteiger partial charge in [0.1, 0.15) is 9.84 Å². The van der Waals surface area contributed by atoms with Crippen LogP contribution in [0, 0.1) is 0 Å². The van der Waals surface area contributed by atoms with Crippen molar-refractivity contribution in [2.75, 3.05) is 19.1 Å². The summed E-state index contributed by atoms with van der Waals surface area (Å²) in [6.07, 6.45) is 3.72. The normalized spacial score (nSPS) is 14.1. The third-order valence-corrected chi connectivity index (χ3v) is 3.14. The Morgan fingerprint density at radius 2 is 2.27 bits per heavy atom. The monoisotopic (exact) mass is 231 g/mol. The Morgan fingerprint density at radius 1 is 1.60 bits per heavy atom. The van der Waals surface area contributed by atoms with Crippen LogP contribution in [-0.2, 0) is 23.3 Å². The molecule has 0 aliphatic carbocycles. The smallest absolute Gasteiger partial charge is 0.148 e. The van der Waals surface area contributed by atoms with Gasteiger partial charge in [0.05, 0.1) is 11.4 Å². The summed E-state index contributed by atoms with van der Waals surface area (Å²) >= 11 is 0. The summed E-state index contributed by atoms with van der Waals surface area (Å²) in [6, 6.07) is 1.82. The van der Waals surface area contributed by atoms with Crippen molar-refractivity contribution in [2.45, 2.75) is 12.5 Å². The fourth-order valence-corrected chi connectivity index (χ4v) is 2.45. The average molecular weight is 231 g/mol. The molecule has 0 bridgehead atoms. The summed E-state index contributed by atoms with van der Waals surface area (Å²) in [4.78, 5) is 0. The van der Waals surface area contributed by atoms with Crippen molar-refractivity contribution in [1.82, 2.24) is 15.1 Å². The predicted molar refractivity (Wildman–Crippen MR) is 59.5 cm³/mol. The van der Waals surface area contributed by atoms with Gasteiger partial charge >= 0.3 is 0 Å². The number of rotatable bonds is 5. The first-order valence-electron chi connectivity index (χ1n) is 4.74. The van der Waals surface area contributed by atoms with Gasteiger partial charge < -0.3 is 5.32 Å². The van der Waals surface area contributed by atoms with Crippen molar-refractivity contribution in [3.05, 3.63) is 18.0 Å². The fraction of sp³-hybridized carbons (Fsp3) is 0.667. The van der Waals surface area contributed by atoms with Crippen LogP contribution >= 0.6 is 0 Å². The van der Waals surface area contributed by atoms with Gasteiger partial charge in [-0.3, -0.25) is 4.68 Å². The van der Waals surface area contributed by atoms with Gasteiger partial charge in [-0.1, -0.05) is 0 Å². The molecule has 1 heterocycles. The van der Waals surface area contributed by atoms with Crippen molar-refractivity contribution >= 4 is 9.84 Å². The zero-order valence-corrected chi connectivity index (χ0v) is 10.1. The van der Waals surface area contributed by atoms with E-state index in [1.165, 1.54) is 6.26 Å². The Balaban J connectivity index is 2.62. The van der Waals surface area contributed by atoms with Crippen LogP contribution in [0.4, 0.5) is 0 Å². The number of aryl methyl sites for hydroxylation is 1. The highest BCUT2D eigenvalue weighted by molar-refractivity contribution is 7.90. The molecule has 0 spiro atoms. The fourth-order valence-electron chi connectivity index (χ4n) is 1.43. The molecule has 1 atom stereocenters. The lowest BCUT2D eigenvalue weighted by atomic mass is 10.2. The number of hydrogen-bond donors (Lipinski definition) is 1. The summed E-state index contributed by atoms with van der Waals surface area (Å²) < 4.78 is 24.0. The lowest BCUT2D eigenvalue weighted by Gasteiger charge is -2.13. The maximum Gasteiger partial charge on any atom is 0.148 e. The molecule has 5 nitrogen and oxygen atoms in total. The molecule has 1 aromatic rings. The Kier molecular flexibility index (Phi) is 3.87. The topological polar surface area (TPSA) is 64.0 Å². The molecule has 15 heavy (non-hydrogen) atoms. The zero-order valence-electron chi connectivity index (χ0n) is 9.27. The molecule has 0 aromatic carbocycles. The van der Waals surface area contributed by atoms with E-state index in [0.29, 0.717) is 6.42 Å². The molecule has 1 unspecified atom stereocenters. The van der Waals surface area contributed by atoms with Gasteiger partial charge in [-0.15, -0.1) is 0 Å². The van der Waals surface area contributed by atoms with Crippen molar-refractivity contribution in [1.29, 1.82) is 0 Å². The van der Waals surface area contributed by atoms with Crippen LogP contribution in [-0.4, -0.2) is 43.3 Å². The molecule has 0 aliphatic heterocycles. The molecule has 1 rings (SSSR count). The first-order chi connectivity index (χ1) is 6.90. The molecule has 86 valence electrons. The quantitative estimate of drug-likeness (QED) is 0.748. The zero-order chi connectivity index (χ0) is 11.5. The Hall–Kier alpha value is -0.880. The number of nitrogens with one attached hydrogen (secondary N) is 1. The van der Waals surface area contributed by atoms with E-state index in [1.54, 1.807) is 11.7 Å². The van der Waals surface area contributed by atoms with Crippen molar-refractivity contribution < 1.29 is 8.42 Å². The molecule has 0 fully saturated rings. The summed E-state index contributed by atoms with van der Waals surface area (Å²) in [6.45, 7) is 0. The molecule has 0 saturated heterocycles. The first-order valence-corrected chi connectivity index (χ1v) is 6.80. The number of aromatic nitrogens is 2. The van der Waals surface area contributed by atoms with Crippen LogP contribution in [0.15, 0.2) is 12.3 Å². The number of sulfone groups is 1. The maximum atomic E-state index is 11.1. The largest absolute Gasteiger partial charge is 0.316 e. The summed E-state index contributed by atoms with van der Waals surface area (Å²) in [5.41, 5.74) is 0.903. The van der Waals surface area contributed by atoms with Crippen molar-refractivity contribution in [3.63, 3.8) is 0 Å². The number of hydrogen-bond acceptors (Lipinski definition) is 4. The van der Waals surface area contributed by atoms with E-state index in [9.17, 15) is 8.42 Å². The van der Waals surface area contributed by atoms with E-state index in [1.807, 2.05) is 19.3 Å². The number of nitrogens with zero attached hydrogens (tertiary/aromatic N) is 2. The van der Waals surface area contributed by atoms with E-state index in [2.05, 4.69) is 10.4 Å². The Labute approximate surface area is 90.4 Å². The van der Waals surface area contributed by atoms with E-state index >= 15 is 0 Å². The van der Waals surface area contributed by atoms with Gasteiger partial charge in [0.25, 0.3) is 0 Å². The van der Waals surface area contributed by atoms with E-state index in [-0.39, 0.29) is 11.8 Å². The van der Waals surface area contributed by atoms with Crippen LogP contribution in [0.3, 0.4) is 0 Å². The summed E-state index contributed by atoms with van der Waals surface area (Å²) in [5.74, 6) is 0.139. The molecular weight excluding hydrogens is 214 g/mol. The minimum Gasteiger partial charge on any atom is -0.316 e. The second-order valence-corrected chi connectivity index (χ2v) is 5.95. The third kappa shape index (κ3) is 4.44. The summed E-state index contributed by atoms with van der Waals surface area (Å²) in [7, 11) is 0.659. The predicted octanol–water partition coefficient (Wildman–Crippen LogP) is -0.405. The highest BCUT2D eigenvalue weighted by Gasteiger charge is 2.14. The van der Waals surface area contributed by atoms with Gasteiger partial charge in [-0.25, -0.2) is 8.42 Å². The minimum atomic E-state index is -2.95. The molecule has 0 radical (unpaired) electrons.